The van der Waals surface area contributed by atoms with E-state index in [0.717, 1.165) is 21.9 Å². The number of hydrogen-bond donors (Lipinski definition) is 0. The van der Waals surface area contributed by atoms with Crippen LogP contribution < -0.4 is 9.30 Å². The van der Waals surface area contributed by atoms with E-state index in [4.69, 9.17) is 26.2 Å². The molecular weight excluding hydrogens is 892 g/mol. The van der Waals surface area contributed by atoms with Crippen molar-refractivity contribution in [2.45, 2.75) is 26.2 Å². The Morgan fingerprint density at radius 3 is 2.07 bits per heavy atom. The average Bonchev–Trinajstić information content (AvgIpc) is 3.89. The number of ether oxygens (including phenoxy) is 1. The second-order valence-corrected chi connectivity index (χ2v) is 14.3. The summed E-state index contributed by atoms with van der Waals surface area (Å²) in [7, 11) is 0. The molecule has 3 aromatic heterocycles. The fourth-order valence-corrected chi connectivity index (χ4v) is 7.12. The van der Waals surface area contributed by atoms with E-state index in [1.54, 1.807) is 36.5 Å². The SMILES string of the molecule is [2H]c1c(Oc2[c-]c3c(cc2)c2ccccc2n3-c2cc(C(C)(C)C)ccn2)[c-]c(-n2[c-][n+](-c3c(-c4c([2H])c([2H])c([2H])c([2H])c4[2H])cccc3-c3c([2H])c([2H])c([2H])c([2H])c3[2H])c3ccccc32)c([2H])c1[2H].[Pt]. The number of pyridine rings is 1. The summed E-state index contributed by atoms with van der Waals surface area (Å²) in [6.45, 7) is 6.38. The monoisotopic (exact) mass is 942 g/mol. The molecule has 0 aliphatic rings. The third kappa shape index (κ3) is 6.62. The van der Waals surface area contributed by atoms with Gasteiger partial charge in [0.15, 0.2) is 0 Å². The Bertz CT molecular complexity index is 3720. The molecule has 3 heterocycles. The number of para-hydroxylation sites is 4. The van der Waals surface area contributed by atoms with Crippen molar-refractivity contribution in [2.75, 3.05) is 0 Å². The molecule has 0 fully saturated rings. The van der Waals surface area contributed by atoms with E-state index in [1.807, 2.05) is 47.0 Å². The molecule has 0 radical (unpaired) electrons. The Morgan fingerprint density at radius 2 is 1.34 bits per heavy atom. The van der Waals surface area contributed by atoms with E-state index >= 15 is 0 Å². The van der Waals surface area contributed by atoms with Crippen molar-refractivity contribution in [2.24, 2.45) is 0 Å². The minimum atomic E-state index is -0.624. The van der Waals surface area contributed by atoms with Crippen LogP contribution in [0.15, 0.2) is 176 Å². The van der Waals surface area contributed by atoms with Crippen molar-refractivity contribution in [3.8, 4) is 50.9 Å². The Balaban J connectivity index is 0.00000624. The molecule has 0 spiro atoms. The summed E-state index contributed by atoms with van der Waals surface area (Å²) in [6.07, 6.45) is 4.99. The second-order valence-electron chi connectivity index (χ2n) is 14.3. The molecule has 58 heavy (non-hydrogen) atoms. The van der Waals surface area contributed by atoms with E-state index in [0.29, 0.717) is 22.4 Å². The number of aromatic nitrogens is 4. The second kappa shape index (κ2) is 15.1. The number of fused-ring (bicyclic) bond motifs is 4. The van der Waals surface area contributed by atoms with Crippen LogP contribution in [0.5, 0.6) is 11.5 Å². The molecule has 0 bridgehead atoms. The first-order chi connectivity index (χ1) is 33.3. The molecule has 0 aliphatic carbocycles. The molecule has 10 aromatic rings. The van der Waals surface area contributed by atoms with E-state index in [-0.39, 0.29) is 71.6 Å². The molecule has 0 atom stereocenters. The zero-order valence-corrected chi connectivity index (χ0v) is 33.5. The van der Waals surface area contributed by atoms with Gasteiger partial charge >= 0.3 is 0 Å². The fraction of sp³-hybridized carbons (Fsp3) is 0.0769. The van der Waals surface area contributed by atoms with Crippen molar-refractivity contribution >= 4 is 32.8 Å². The van der Waals surface area contributed by atoms with E-state index in [1.165, 1.54) is 27.3 Å². The van der Waals surface area contributed by atoms with Gasteiger partial charge in [-0.05, 0) is 65.2 Å². The average molecular weight is 943 g/mol. The molecular formula is C52H38N4OPt-2. The zero-order chi connectivity index (χ0) is 49.8. The fourth-order valence-electron chi connectivity index (χ4n) is 7.12. The number of nitrogens with zero attached hydrogens (tertiary/aromatic N) is 4. The molecule has 7 aromatic carbocycles. The third-order valence-corrected chi connectivity index (χ3v) is 9.78. The molecule has 5 nitrogen and oxygen atoms in total. The molecule has 10 rings (SSSR count). The van der Waals surface area contributed by atoms with Gasteiger partial charge in [-0.2, -0.15) is 18.2 Å². The number of hydrogen-bond acceptors (Lipinski definition) is 2. The van der Waals surface area contributed by atoms with Gasteiger partial charge in [-0.15, -0.1) is 29.6 Å². The van der Waals surface area contributed by atoms with Gasteiger partial charge in [0.2, 0.25) is 0 Å². The van der Waals surface area contributed by atoms with Crippen molar-refractivity contribution in [1.82, 2.24) is 14.1 Å². The van der Waals surface area contributed by atoms with Gasteiger partial charge in [0.05, 0.1) is 30.4 Å². The van der Waals surface area contributed by atoms with Crippen LogP contribution in [-0.2, 0) is 26.5 Å². The number of rotatable bonds is 7. The van der Waals surface area contributed by atoms with Gasteiger partial charge in [0.25, 0.3) is 6.33 Å². The smallest absolute Gasteiger partial charge is 0.268 e. The predicted molar refractivity (Wildman–Crippen MR) is 230 cm³/mol. The van der Waals surface area contributed by atoms with Gasteiger partial charge in [-0.3, -0.25) is 4.57 Å². The maximum atomic E-state index is 9.21. The Labute approximate surface area is 371 Å². The molecule has 0 aliphatic heterocycles. The van der Waals surface area contributed by atoms with Crippen LogP contribution in [0, 0.1) is 18.5 Å². The molecule has 284 valence electrons. The van der Waals surface area contributed by atoms with Crippen LogP contribution in [0.25, 0.3) is 72.3 Å². The van der Waals surface area contributed by atoms with Crippen molar-refractivity contribution < 1.29 is 48.2 Å². The summed E-state index contributed by atoms with van der Waals surface area (Å²) in [5, 5.41) is 1.82. The molecule has 0 N–H and O–H groups in total. The third-order valence-electron chi connectivity index (χ3n) is 9.78. The van der Waals surface area contributed by atoms with E-state index in [9.17, 15) is 1.37 Å². The first kappa shape index (κ1) is 24.9. The van der Waals surface area contributed by atoms with Crippen molar-refractivity contribution in [1.29, 1.82) is 0 Å². The van der Waals surface area contributed by atoms with Gasteiger partial charge in [0, 0.05) is 45.6 Å². The van der Waals surface area contributed by atoms with Crippen LogP contribution in [0.3, 0.4) is 0 Å². The van der Waals surface area contributed by atoms with Gasteiger partial charge in [-0.25, -0.2) is 4.98 Å². The summed E-state index contributed by atoms with van der Waals surface area (Å²) in [5.41, 5.74) is 2.73. The van der Waals surface area contributed by atoms with Gasteiger partial charge in [-0.1, -0.05) is 147 Å². The Hall–Kier alpha value is -6.55. The van der Waals surface area contributed by atoms with Gasteiger partial charge < -0.3 is 13.9 Å². The van der Waals surface area contributed by atoms with Crippen molar-refractivity contribution in [3.63, 3.8) is 0 Å². The molecule has 0 amide bonds. The quantitative estimate of drug-likeness (QED) is 0.118. The summed E-state index contributed by atoms with van der Waals surface area (Å²) in [6, 6.07) is 26.0. The number of benzene rings is 7. The summed E-state index contributed by atoms with van der Waals surface area (Å²) >= 11 is 0. The predicted octanol–water partition coefficient (Wildman–Crippen LogP) is 12.2. The van der Waals surface area contributed by atoms with Crippen LogP contribution in [-0.4, -0.2) is 14.1 Å². The maximum absolute atomic E-state index is 9.21. The first-order valence-corrected chi connectivity index (χ1v) is 18.2. The van der Waals surface area contributed by atoms with E-state index < -0.39 is 78.6 Å². The molecule has 0 unspecified atom stereocenters. The zero-order valence-electron chi connectivity index (χ0n) is 44.3. The molecule has 0 saturated carbocycles. The van der Waals surface area contributed by atoms with Crippen LogP contribution in [0.2, 0.25) is 0 Å². The first-order valence-electron chi connectivity index (χ1n) is 24.7. The van der Waals surface area contributed by atoms with Crippen molar-refractivity contribution in [3.05, 3.63) is 200 Å². The standard InChI is InChI=1S/C52H38N4O.Pt/c1-52(2,3)38-30-31-53-50(32-38)56-46-25-11-10-22-44(46)45-29-28-41(34-49(45)56)57-40-21-14-20-39(33-40)54-35-55(48-27-13-12-26-47(48)54)51-42(36-16-6-4-7-17-36)23-15-24-43(51)37-18-8-5-9-19-37;/h4-32H,1-3H3;/q-2;/i4D,5D,6D,7D,8D,9D,14D,16D,17D,18D,19D,20D,21D;. The van der Waals surface area contributed by atoms with Crippen LogP contribution >= 0.6 is 0 Å². The minimum Gasteiger partial charge on any atom is -0.510 e. The summed E-state index contributed by atoms with van der Waals surface area (Å²) < 4.78 is 125. The topological polar surface area (TPSA) is 35.9 Å². The van der Waals surface area contributed by atoms with Crippen LogP contribution in [0.4, 0.5) is 0 Å². The summed E-state index contributed by atoms with van der Waals surface area (Å²) in [4.78, 5) is 4.75. The van der Waals surface area contributed by atoms with E-state index in [2.05, 4.69) is 39.2 Å². The maximum Gasteiger partial charge on any atom is 0.268 e. The Kier molecular flexibility index (Phi) is 6.49. The number of imidazole rings is 1. The largest absolute Gasteiger partial charge is 0.510 e. The summed E-state index contributed by atoms with van der Waals surface area (Å²) in [5.74, 6) is 0.642. The molecule has 6 heteroatoms. The minimum absolute atomic E-state index is 0. The normalized spacial score (nSPS) is 14.7. The molecule has 0 saturated heterocycles. The Morgan fingerprint density at radius 1 is 0.655 bits per heavy atom. The van der Waals surface area contributed by atoms with Crippen LogP contribution in [0.1, 0.15) is 44.2 Å². The van der Waals surface area contributed by atoms with Gasteiger partial charge in [0.1, 0.15) is 5.82 Å².